The van der Waals surface area contributed by atoms with E-state index in [1.807, 2.05) is 13.8 Å². The number of esters is 1. The van der Waals surface area contributed by atoms with Crippen LogP contribution in [0.4, 0.5) is 0 Å². The molecule has 4 nitrogen and oxygen atoms in total. The van der Waals surface area contributed by atoms with Gasteiger partial charge in [-0.3, -0.25) is 9.59 Å². The fourth-order valence-corrected chi connectivity index (χ4v) is 7.01. The number of carbonyl (C=O) groups excluding carboxylic acids is 2. The van der Waals surface area contributed by atoms with Gasteiger partial charge in [0.15, 0.2) is 0 Å². The van der Waals surface area contributed by atoms with E-state index in [1.54, 1.807) is 0 Å². The first kappa shape index (κ1) is 40.3. The lowest BCUT2D eigenvalue weighted by atomic mass is 9.54. The maximum absolute atomic E-state index is 12.3. The van der Waals surface area contributed by atoms with Gasteiger partial charge in [0.25, 0.3) is 0 Å². The predicted octanol–water partition coefficient (Wildman–Crippen LogP) is 11.4. The summed E-state index contributed by atoms with van der Waals surface area (Å²) < 4.78 is 5.62. The second-order valence-corrected chi connectivity index (χ2v) is 14.8. The summed E-state index contributed by atoms with van der Waals surface area (Å²) in [5, 5.41) is 11.7. The van der Waals surface area contributed by atoms with Crippen LogP contribution < -0.4 is 0 Å². The Morgan fingerprint density at radius 3 is 2.20 bits per heavy atom. The molecule has 0 aliphatic heterocycles. The molecular formula is C40H70O4. The third kappa shape index (κ3) is 15.1. The normalized spacial score (nSPS) is 24.1. The summed E-state index contributed by atoms with van der Waals surface area (Å²) in [5.74, 6) is 0.761. The molecule has 1 aliphatic rings. The second-order valence-electron chi connectivity index (χ2n) is 14.8. The number of rotatable bonds is 23. The number of allylic oxidation sites excluding steroid dienone is 6. The highest BCUT2D eigenvalue weighted by atomic mass is 16.5. The Balaban J connectivity index is 2.73. The zero-order chi connectivity index (χ0) is 33.0. The molecule has 1 saturated carbocycles. The van der Waals surface area contributed by atoms with Crippen LogP contribution >= 0.6 is 0 Å². The lowest BCUT2D eigenvalue weighted by Crippen LogP contribution is -2.52. The Kier molecular flexibility index (Phi) is 20.1. The summed E-state index contributed by atoms with van der Waals surface area (Å²) in [4.78, 5) is 24.2. The summed E-state index contributed by atoms with van der Waals surface area (Å²) in [6.07, 6.45) is 25.2. The molecule has 44 heavy (non-hydrogen) atoms. The number of hydrogen-bond donors (Lipinski definition) is 1. The van der Waals surface area contributed by atoms with Crippen LogP contribution in [0.1, 0.15) is 177 Å². The van der Waals surface area contributed by atoms with Crippen LogP contribution in [-0.2, 0) is 14.3 Å². The molecule has 0 amide bonds. The molecule has 3 atom stereocenters. The Bertz CT molecular complexity index is 922. The molecule has 254 valence electrons. The van der Waals surface area contributed by atoms with Crippen molar-refractivity contribution in [2.75, 3.05) is 6.61 Å². The minimum atomic E-state index is -0.824. The lowest BCUT2D eigenvalue weighted by molar-refractivity contribution is -0.144. The van der Waals surface area contributed by atoms with Crippen LogP contribution in [0.3, 0.4) is 0 Å². The van der Waals surface area contributed by atoms with Crippen LogP contribution in [0.15, 0.2) is 34.4 Å². The predicted molar refractivity (Wildman–Crippen MR) is 188 cm³/mol. The number of unbranched alkanes of at least 4 members (excludes halogenated alkanes) is 6. The van der Waals surface area contributed by atoms with E-state index in [2.05, 4.69) is 53.7 Å². The van der Waals surface area contributed by atoms with E-state index in [-0.39, 0.29) is 17.3 Å². The maximum atomic E-state index is 12.3. The number of aldehydes is 1. The third-order valence-electron chi connectivity index (χ3n) is 10.4. The van der Waals surface area contributed by atoms with Gasteiger partial charge in [-0.2, -0.15) is 0 Å². The summed E-state index contributed by atoms with van der Waals surface area (Å²) in [6, 6.07) is 0. The molecule has 0 unspecified atom stereocenters. The van der Waals surface area contributed by atoms with E-state index in [1.165, 1.54) is 68.1 Å². The van der Waals surface area contributed by atoms with Gasteiger partial charge >= 0.3 is 5.97 Å². The van der Waals surface area contributed by atoms with E-state index in [9.17, 15) is 14.7 Å². The molecular weight excluding hydrogens is 544 g/mol. The van der Waals surface area contributed by atoms with E-state index < -0.39 is 5.60 Å². The van der Waals surface area contributed by atoms with Crippen molar-refractivity contribution in [3.63, 3.8) is 0 Å². The molecule has 0 aromatic rings. The highest BCUT2D eigenvalue weighted by Crippen LogP contribution is 2.55. The first-order chi connectivity index (χ1) is 20.9. The van der Waals surface area contributed by atoms with Crippen LogP contribution in [0, 0.1) is 17.3 Å². The Morgan fingerprint density at radius 1 is 0.909 bits per heavy atom. The third-order valence-corrected chi connectivity index (χ3v) is 10.4. The molecule has 1 rings (SSSR count). The van der Waals surface area contributed by atoms with E-state index in [4.69, 9.17) is 4.74 Å². The molecule has 0 aromatic carbocycles. The van der Waals surface area contributed by atoms with Gasteiger partial charge in [-0.1, -0.05) is 102 Å². The number of ether oxygens (including phenoxy) is 1. The minimum Gasteiger partial charge on any atom is -0.466 e. The first-order valence-electron chi connectivity index (χ1n) is 18.2. The monoisotopic (exact) mass is 615 g/mol. The topological polar surface area (TPSA) is 63.6 Å². The fourth-order valence-electron chi connectivity index (χ4n) is 7.01. The standard InChI is InChI=1S/C40H70O4/c1-9-10-11-12-13-14-15-26-38(42)44-30-19-25-37-36(35(6)31-41)27-29-40(8,43)39(37,7)28-18-24-34(5)23-17-22-33(4)21-16-20-32(2)3/h22,24,31-32,37,43H,9-21,23,25-30H2,1-8H3/b33-22+,34-24+,36-35-/t37-,39+,40+/m1/s1. The minimum absolute atomic E-state index is 0.0865. The molecule has 1 fully saturated rings. The van der Waals surface area contributed by atoms with Crippen molar-refractivity contribution in [1.29, 1.82) is 0 Å². The van der Waals surface area contributed by atoms with Gasteiger partial charge < -0.3 is 9.84 Å². The maximum Gasteiger partial charge on any atom is 0.305 e. The Hall–Kier alpha value is -1.68. The molecule has 0 radical (unpaired) electrons. The van der Waals surface area contributed by atoms with Gasteiger partial charge in [0.05, 0.1) is 12.2 Å². The summed E-state index contributed by atoms with van der Waals surface area (Å²) in [6.45, 7) is 17.8. The number of carbonyl (C=O) groups is 2. The van der Waals surface area contributed by atoms with Crippen molar-refractivity contribution in [2.45, 2.75) is 183 Å². The second kappa shape index (κ2) is 22.0. The molecule has 1 N–H and O–H groups in total. The van der Waals surface area contributed by atoms with Crippen molar-refractivity contribution in [2.24, 2.45) is 17.3 Å². The smallest absolute Gasteiger partial charge is 0.305 e. The molecule has 0 spiro atoms. The van der Waals surface area contributed by atoms with Crippen molar-refractivity contribution in [3.8, 4) is 0 Å². The Labute approximate surface area is 272 Å². The largest absolute Gasteiger partial charge is 0.466 e. The molecule has 0 aromatic heterocycles. The highest BCUT2D eigenvalue weighted by Gasteiger charge is 2.52. The van der Waals surface area contributed by atoms with Gasteiger partial charge in [-0.25, -0.2) is 0 Å². The SMILES string of the molecule is CCCCCCCCCC(=O)OCCC[C@@H]1/C(=C(/C)C=O)CC[C@](C)(O)[C@@]1(C)CC/C=C(\C)CC/C=C(\C)CCCC(C)C. The van der Waals surface area contributed by atoms with E-state index in [0.29, 0.717) is 19.4 Å². The molecule has 0 heterocycles. The highest BCUT2D eigenvalue weighted by molar-refractivity contribution is 5.74. The van der Waals surface area contributed by atoms with Gasteiger partial charge in [0, 0.05) is 11.8 Å². The Morgan fingerprint density at radius 2 is 1.55 bits per heavy atom. The quantitative estimate of drug-likeness (QED) is 0.0409. The van der Waals surface area contributed by atoms with Crippen LogP contribution in [-0.4, -0.2) is 29.6 Å². The average molecular weight is 615 g/mol. The van der Waals surface area contributed by atoms with Gasteiger partial charge in [0.1, 0.15) is 6.29 Å². The van der Waals surface area contributed by atoms with Gasteiger partial charge in [-0.15, -0.1) is 0 Å². The van der Waals surface area contributed by atoms with Crippen LogP contribution in [0.2, 0.25) is 0 Å². The summed E-state index contributed by atoms with van der Waals surface area (Å²) in [7, 11) is 0. The van der Waals surface area contributed by atoms with Gasteiger partial charge in [-0.05, 0) is 116 Å². The molecule has 4 heteroatoms. The van der Waals surface area contributed by atoms with Crippen molar-refractivity contribution < 1.29 is 19.4 Å². The van der Waals surface area contributed by atoms with Crippen LogP contribution in [0.25, 0.3) is 0 Å². The number of aliphatic hydroxyl groups is 1. The molecule has 0 saturated heterocycles. The number of hydrogen-bond acceptors (Lipinski definition) is 4. The lowest BCUT2D eigenvalue weighted by Gasteiger charge is -2.53. The fraction of sp³-hybridized carbons (Fsp3) is 0.800. The van der Waals surface area contributed by atoms with Crippen molar-refractivity contribution in [3.05, 3.63) is 34.4 Å². The average Bonchev–Trinajstić information content (AvgIpc) is 2.96. The van der Waals surface area contributed by atoms with Crippen molar-refractivity contribution in [1.82, 2.24) is 0 Å². The van der Waals surface area contributed by atoms with E-state index in [0.717, 1.165) is 75.6 Å². The molecule has 1 aliphatic carbocycles. The summed E-state index contributed by atoms with van der Waals surface area (Å²) in [5.41, 5.74) is 3.70. The van der Waals surface area contributed by atoms with Crippen molar-refractivity contribution >= 4 is 12.3 Å². The van der Waals surface area contributed by atoms with Crippen LogP contribution in [0.5, 0.6) is 0 Å². The van der Waals surface area contributed by atoms with Gasteiger partial charge in [0.2, 0.25) is 0 Å². The zero-order valence-corrected chi connectivity index (χ0v) is 30.2. The molecule has 0 bridgehead atoms. The first-order valence-corrected chi connectivity index (χ1v) is 18.2. The zero-order valence-electron chi connectivity index (χ0n) is 30.2. The van der Waals surface area contributed by atoms with E-state index >= 15 is 0 Å². The summed E-state index contributed by atoms with van der Waals surface area (Å²) >= 11 is 0.